The van der Waals surface area contributed by atoms with Crippen LogP contribution in [0.3, 0.4) is 0 Å². The molecule has 0 aliphatic carbocycles. The first-order chi connectivity index (χ1) is 8.27. The van der Waals surface area contributed by atoms with Crippen LogP contribution in [0.15, 0.2) is 35.0 Å². The molecule has 1 aromatic heterocycles. The number of nitrogens with zero attached hydrogens (tertiary/aromatic N) is 2. The topological polar surface area (TPSA) is 51.0 Å². The van der Waals surface area contributed by atoms with E-state index in [1.807, 2.05) is 13.0 Å². The lowest BCUT2D eigenvalue weighted by atomic mass is 10.0. The van der Waals surface area contributed by atoms with E-state index < -0.39 is 0 Å². The van der Waals surface area contributed by atoms with E-state index in [4.69, 9.17) is 0 Å². The summed E-state index contributed by atoms with van der Waals surface area (Å²) in [5.74, 6) is 0.483. The van der Waals surface area contributed by atoms with E-state index in [0.717, 1.165) is 17.9 Å². The van der Waals surface area contributed by atoms with Crippen LogP contribution in [0.25, 0.3) is 0 Å². The van der Waals surface area contributed by atoms with Crippen LogP contribution in [0.1, 0.15) is 29.8 Å². The second-order valence-corrected chi connectivity index (χ2v) is 4.24. The van der Waals surface area contributed by atoms with E-state index in [-0.39, 0.29) is 0 Å². The molecule has 0 spiro atoms. The van der Waals surface area contributed by atoms with E-state index in [2.05, 4.69) is 51.4 Å². The molecule has 1 unspecified atom stereocenters. The van der Waals surface area contributed by atoms with Gasteiger partial charge in [-0.3, -0.25) is 0 Å². The van der Waals surface area contributed by atoms with Gasteiger partial charge in [-0.25, -0.2) is 4.63 Å². The normalized spacial score (nSPS) is 12.6. The Labute approximate surface area is 101 Å². The first kappa shape index (κ1) is 11.8. The molecule has 90 valence electrons. The molecule has 0 aliphatic rings. The fourth-order valence-corrected chi connectivity index (χ4v) is 1.72. The first-order valence-electron chi connectivity index (χ1n) is 5.81. The molecule has 2 aromatic rings. The zero-order valence-electron chi connectivity index (χ0n) is 10.2. The summed E-state index contributed by atoms with van der Waals surface area (Å²) in [4.78, 5) is 0. The Kier molecular flexibility index (Phi) is 3.88. The quantitative estimate of drug-likeness (QED) is 0.857. The highest BCUT2D eigenvalue weighted by Crippen LogP contribution is 2.13. The third-order valence-corrected chi connectivity index (χ3v) is 2.86. The Balaban J connectivity index is 1.81. The van der Waals surface area contributed by atoms with Gasteiger partial charge < -0.3 is 5.32 Å². The van der Waals surface area contributed by atoms with Crippen molar-refractivity contribution in [3.63, 3.8) is 0 Å². The van der Waals surface area contributed by atoms with Gasteiger partial charge in [0, 0.05) is 13.1 Å². The lowest BCUT2D eigenvalue weighted by Gasteiger charge is -2.12. The molecule has 1 atom stereocenters. The van der Waals surface area contributed by atoms with Crippen LogP contribution in [-0.4, -0.2) is 16.9 Å². The second-order valence-electron chi connectivity index (χ2n) is 4.24. The lowest BCUT2D eigenvalue weighted by molar-refractivity contribution is 0.300. The van der Waals surface area contributed by atoms with Crippen LogP contribution < -0.4 is 5.32 Å². The van der Waals surface area contributed by atoms with Crippen molar-refractivity contribution >= 4 is 0 Å². The summed E-state index contributed by atoms with van der Waals surface area (Å²) in [7, 11) is 0. The molecule has 1 N–H and O–H groups in total. The van der Waals surface area contributed by atoms with Crippen molar-refractivity contribution in [3.8, 4) is 0 Å². The predicted molar refractivity (Wildman–Crippen MR) is 65.6 cm³/mol. The summed E-state index contributed by atoms with van der Waals surface area (Å²) in [6, 6.07) is 10.5. The molecule has 0 saturated carbocycles. The van der Waals surface area contributed by atoms with Gasteiger partial charge in [-0.15, -0.1) is 0 Å². The van der Waals surface area contributed by atoms with Crippen LogP contribution in [0.4, 0.5) is 0 Å². The van der Waals surface area contributed by atoms with Gasteiger partial charge in [0.2, 0.25) is 0 Å². The van der Waals surface area contributed by atoms with E-state index >= 15 is 0 Å². The van der Waals surface area contributed by atoms with Crippen molar-refractivity contribution in [2.75, 3.05) is 6.54 Å². The summed E-state index contributed by atoms with van der Waals surface area (Å²) in [5, 5.41) is 10.9. The van der Waals surface area contributed by atoms with E-state index in [9.17, 15) is 0 Å². The summed E-state index contributed by atoms with van der Waals surface area (Å²) in [6.45, 7) is 5.72. The van der Waals surface area contributed by atoms with E-state index in [1.54, 1.807) is 0 Å². The number of rotatable bonds is 5. The predicted octanol–water partition coefficient (Wildman–Crippen LogP) is 2.27. The third kappa shape index (κ3) is 3.14. The fraction of sp³-hybridized carbons (Fsp3) is 0.385. The van der Waals surface area contributed by atoms with Gasteiger partial charge in [0.25, 0.3) is 0 Å². The molecule has 2 rings (SSSR count). The van der Waals surface area contributed by atoms with Gasteiger partial charge in [0.15, 0.2) is 0 Å². The highest BCUT2D eigenvalue weighted by Gasteiger charge is 2.07. The monoisotopic (exact) mass is 231 g/mol. The Hall–Kier alpha value is -1.68. The molecule has 4 nitrogen and oxygen atoms in total. The number of aromatic nitrogens is 2. The number of aryl methyl sites for hydroxylation is 1. The van der Waals surface area contributed by atoms with Crippen LogP contribution in [0.2, 0.25) is 0 Å². The van der Waals surface area contributed by atoms with Crippen LogP contribution in [-0.2, 0) is 6.54 Å². The highest BCUT2D eigenvalue weighted by molar-refractivity contribution is 5.19. The van der Waals surface area contributed by atoms with Crippen LogP contribution in [0, 0.1) is 6.92 Å². The average Bonchev–Trinajstić information content (AvgIpc) is 2.76. The maximum absolute atomic E-state index is 4.65. The average molecular weight is 231 g/mol. The third-order valence-electron chi connectivity index (χ3n) is 2.86. The number of hydrogen-bond donors (Lipinski definition) is 1. The molecule has 4 heteroatoms. The fourth-order valence-electron chi connectivity index (χ4n) is 1.72. The first-order valence-corrected chi connectivity index (χ1v) is 5.81. The maximum Gasteiger partial charge on any atom is 0.121 e. The largest absolute Gasteiger partial charge is 0.310 e. The number of nitrogens with one attached hydrogen (secondary N) is 1. The van der Waals surface area contributed by atoms with Gasteiger partial charge in [-0.05, 0) is 18.4 Å². The van der Waals surface area contributed by atoms with Crippen molar-refractivity contribution in [2.45, 2.75) is 26.3 Å². The summed E-state index contributed by atoms with van der Waals surface area (Å²) >= 11 is 0. The molecule has 0 aliphatic heterocycles. The molecular weight excluding hydrogens is 214 g/mol. The van der Waals surface area contributed by atoms with Gasteiger partial charge in [0.05, 0.1) is 0 Å². The van der Waals surface area contributed by atoms with Gasteiger partial charge in [-0.1, -0.05) is 47.6 Å². The summed E-state index contributed by atoms with van der Waals surface area (Å²) < 4.78 is 4.65. The highest BCUT2D eigenvalue weighted by atomic mass is 16.6. The van der Waals surface area contributed by atoms with Crippen LogP contribution in [0.5, 0.6) is 0 Å². The van der Waals surface area contributed by atoms with Crippen molar-refractivity contribution in [2.24, 2.45) is 0 Å². The van der Waals surface area contributed by atoms with Crippen molar-refractivity contribution in [1.29, 1.82) is 0 Å². The molecule has 17 heavy (non-hydrogen) atoms. The standard InChI is InChI=1S/C13H17N3O/c1-10(12-6-4-3-5-7-12)8-14-9-13-11(2)15-17-16-13/h3-7,10,14H,8-9H2,1-2H3. The second kappa shape index (κ2) is 5.59. The smallest absolute Gasteiger partial charge is 0.121 e. The van der Waals surface area contributed by atoms with Crippen molar-refractivity contribution in [1.82, 2.24) is 15.6 Å². The van der Waals surface area contributed by atoms with E-state index in [0.29, 0.717) is 12.5 Å². The van der Waals surface area contributed by atoms with Gasteiger partial charge >= 0.3 is 0 Å². The maximum atomic E-state index is 4.65. The molecule has 0 saturated heterocycles. The van der Waals surface area contributed by atoms with Gasteiger partial charge in [0.1, 0.15) is 11.4 Å². The minimum absolute atomic E-state index is 0.483. The number of hydrogen-bond acceptors (Lipinski definition) is 4. The van der Waals surface area contributed by atoms with Crippen molar-refractivity contribution < 1.29 is 4.63 Å². The molecule has 1 heterocycles. The summed E-state index contributed by atoms with van der Waals surface area (Å²) in [5.41, 5.74) is 3.07. The molecule has 0 amide bonds. The molecule has 0 fully saturated rings. The Morgan fingerprint density at radius 3 is 2.65 bits per heavy atom. The summed E-state index contributed by atoms with van der Waals surface area (Å²) in [6.07, 6.45) is 0. The molecule has 0 bridgehead atoms. The Morgan fingerprint density at radius 2 is 2.00 bits per heavy atom. The van der Waals surface area contributed by atoms with E-state index in [1.165, 1.54) is 5.56 Å². The SMILES string of the molecule is Cc1nonc1CNCC(C)c1ccccc1. The Morgan fingerprint density at radius 1 is 1.24 bits per heavy atom. The molecular formula is C13H17N3O. The van der Waals surface area contributed by atoms with Gasteiger partial charge in [-0.2, -0.15) is 0 Å². The number of benzene rings is 1. The zero-order valence-corrected chi connectivity index (χ0v) is 10.2. The van der Waals surface area contributed by atoms with Crippen molar-refractivity contribution in [3.05, 3.63) is 47.3 Å². The zero-order chi connectivity index (χ0) is 12.1. The van der Waals surface area contributed by atoms with Crippen LogP contribution >= 0.6 is 0 Å². The molecule has 0 radical (unpaired) electrons. The molecule has 1 aromatic carbocycles. The minimum Gasteiger partial charge on any atom is -0.310 e. The Bertz CT molecular complexity index is 453. The minimum atomic E-state index is 0.483. The lowest BCUT2D eigenvalue weighted by Crippen LogP contribution is -2.20.